The number of carbonyl (C=O) groups is 2. The number of nitrogen functional groups attached to an aromatic ring is 1. The zero-order chi connectivity index (χ0) is 15.4. The number of likely N-dealkylation sites (tertiary alicyclic amines) is 1. The Balaban J connectivity index is 1.95. The lowest BCUT2D eigenvalue weighted by atomic mass is 10.1. The molecule has 1 saturated heterocycles. The van der Waals surface area contributed by atoms with E-state index in [0.29, 0.717) is 30.9 Å². The largest absolute Gasteiger partial charge is 0.399 e. The molecule has 1 unspecified atom stereocenters. The highest BCUT2D eigenvalue weighted by Gasteiger charge is 2.27. The van der Waals surface area contributed by atoms with Crippen molar-refractivity contribution in [3.8, 4) is 0 Å². The molecule has 0 aliphatic carbocycles. The predicted octanol–water partition coefficient (Wildman–Crippen LogP) is 1.11. The molecule has 1 aromatic rings. The molecule has 0 aromatic heterocycles. The minimum absolute atomic E-state index is 0.0130. The highest BCUT2D eigenvalue weighted by atomic mass is 16.2. The van der Waals surface area contributed by atoms with Gasteiger partial charge in [0, 0.05) is 36.9 Å². The van der Waals surface area contributed by atoms with Crippen LogP contribution in [0.2, 0.25) is 0 Å². The van der Waals surface area contributed by atoms with Crippen molar-refractivity contribution in [3.05, 3.63) is 29.3 Å². The molecule has 0 spiro atoms. The van der Waals surface area contributed by atoms with Gasteiger partial charge in [0.25, 0.3) is 5.91 Å². The second-order valence-corrected chi connectivity index (χ2v) is 5.31. The molecule has 1 fully saturated rings. The smallest absolute Gasteiger partial charge is 0.317 e. The molecule has 1 aliphatic rings. The lowest BCUT2D eigenvalue weighted by Crippen LogP contribution is -2.42. The van der Waals surface area contributed by atoms with E-state index in [-0.39, 0.29) is 18.0 Å². The molecule has 1 heterocycles. The molecule has 114 valence electrons. The number of nitrogens with one attached hydrogen (secondary N) is 2. The van der Waals surface area contributed by atoms with Crippen LogP contribution >= 0.6 is 0 Å². The van der Waals surface area contributed by atoms with Crippen molar-refractivity contribution in [2.75, 3.05) is 25.4 Å². The molecule has 1 atom stereocenters. The maximum atomic E-state index is 12.3. The zero-order valence-electron chi connectivity index (χ0n) is 12.5. The predicted molar refractivity (Wildman–Crippen MR) is 82.1 cm³/mol. The van der Waals surface area contributed by atoms with Gasteiger partial charge in [-0.25, -0.2) is 4.79 Å². The monoisotopic (exact) mass is 290 g/mol. The first-order valence-electron chi connectivity index (χ1n) is 7.21. The van der Waals surface area contributed by atoms with E-state index < -0.39 is 0 Å². The fourth-order valence-electron chi connectivity index (χ4n) is 2.47. The van der Waals surface area contributed by atoms with Gasteiger partial charge < -0.3 is 21.3 Å². The topological polar surface area (TPSA) is 87.5 Å². The summed E-state index contributed by atoms with van der Waals surface area (Å²) in [7, 11) is 0. The number of amides is 3. The van der Waals surface area contributed by atoms with Gasteiger partial charge in [-0.1, -0.05) is 6.07 Å². The summed E-state index contributed by atoms with van der Waals surface area (Å²) in [4.78, 5) is 25.7. The summed E-state index contributed by atoms with van der Waals surface area (Å²) in [5, 5.41) is 5.74. The Kier molecular flexibility index (Phi) is 4.67. The zero-order valence-corrected chi connectivity index (χ0v) is 12.5. The average Bonchev–Trinajstić information content (AvgIpc) is 2.90. The molecule has 4 N–H and O–H groups in total. The number of urea groups is 1. The summed E-state index contributed by atoms with van der Waals surface area (Å²) in [6.45, 7) is 5.57. The summed E-state index contributed by atoms with van der Waals surface area (Å²) in [6, 6.07) is 5.20. The summed E-state index contributed by atoms with van der Waals surface area (Å²) in [5.74, 6) is -0.137. The third-order valence-corrected chi connectivity index (χ3v) is 3.64. The van der Waals surface area contributed by atoms with Crippen molar-refractivity contribution in [3.63, 3.8) is 0 Å². The van der Waals surface area contributed by atoms with Crippen molar-refractivity contribution in [2.24, 2.45) is 0 Å². The van der Waals surface area contributed by atoms with E-state index in [1.165, 1.54) is 0 Å². The molecule has 1 aliphatic heterocycles. The van der Waals surface area contributed by atoms with E-state index in [2.05, 4.69) is 10.6 Å². The third-order valence-electron chi connectivity index (χ3n) is 3.64. The van der Waals surface area contributed by atoms with Gasteiger partial charge in [-0.05, 0) is 38.0 Å². The SMILES string of the molecule is CCNC(=O)N1CCC(NC(=O)c2cc(N)ccc2C)C1. The summed E-state index contributed by atoms with van der Waals surface area (Å²) >= 11 is 0. The molecule has 21 heavy (non-hydrogen) atoms. The first kappa shape index (κ1) is 15.2. The van der Waals surface area contributed by atoms with Gasteiger partial charge in [0.15, 0.2) is 0 Å². The number of nitrogens with zero attached hydrogens (tertiary/aromatic N) is 1. The fourth-order valence-corrected chi connectivity index (χ4v) is 2.47. The van der Waals surface area contributed by atoms with Crippen molar-refractivity contribution >= 4 is 17.6 Å². The molecule has 0 bridgehead atoms. The maximum absolute atomic E-state index is 12.3. The Labute approximate surface area is 124 Å². The highest BCUT2D eigenvalue weighted by Crippen LogP contribution is 2.15. The number of anilines is 1. The number of nitrogens with two attached hydrogens (primary N) is 1. The van der Waals surface area contributed by atoms with Gasteiger partial charge in [0.2, 0.25) is 0 Å². The Morgan fingerprint density at radius 3 is 2.90 bits per heavy atom. The van der Waals surface area contributed by atoms with Gasteiger partial charge in [-0.2, -0.15) is 0 Å². The van der Waals surface area contributed by atoms with Crippen LogP contribution in [0.3, 0.4) is 0 Å². The minimum atomic E-state index is -0.137. The lowest BCUT2D eigenvalue weighted by molar-refractivity contribution is 0.0937. The van der Waals surface area contributed by atoms with E-state index in [9.17, 15) is 9.59 Å². The molecule has 0 saturated carbocycles. The first-order valence-corrected chi connectivity index (χ1v) is 7.21. The first-order chi connectivity index (χ1) is 10.0. The Bertz CT molecular complexity index is 544. The average molecular weight is 290 g/mol. The lowest BCUT2D eigenvalue weighted by Gasteiger charge is -2.17. The van der Waals surface area contributed by atoms with Crippen LogP contribution in [0.25, 0.3) is 0 Å². The van der Waals surface area contributed by atoms with Gasteiger partial charge >= 0.3 is 6.03 Å². The Hall–Kier alpha value is -2.24. The molecule has 6 nitrogen and oxygen atoms in total. The van der Waals surface area contributed by atoms with E-state index >= 15 is 0 Å². The number of aryl methyl sites for hydroxylation is 1. The standard InChI is InChI=1S/C15H22N4O2/c1-3-17-15(21)19-7-6-12(9-19)18-14(20)13-8-11(16)5-4-10(13)2/h4-5,8,12H,3,6-7,9,16H2,1-2H3,(H,17,21)(H,18,20). The van der Waals surface area contributed by atoms with Crippen LogP contribution in [0, 0.1) is 6.92 Å². The van der Waals surface area contributed by atoms with E-state index in [1.54, 1.807) is 17.0 Å². The fraction of sp³-hybridized carbons (Fsp3) is 0.467. The van der Waals surface area contributed by atoms with Crippen LogP contribution in [0.15, 0.2) is 18.2 Å². The van der Waals surface area contributed by atoms with Crippen LogP contribution in [0.1, 0.15) is 29.3 Å². The second-order valence-electron chi connectivity index (χ2n) is 5.31. The third kappa shape index (κ3) is 3.65. The molecule has 1 aromatic carbocycles. The van der Waals surface area contributed by atoms with Gasteiger partial charge in [-0.3, -0.25) is 4.79 Å². The van der Waals surface area contributed by atoms with Crippen molar-refractivity contribution < 1.29 is 9.59 Å². The van der Waals surface area contributed by atoms with Gasteiger partial charge in [0.1, 0.15) is 0 Å². The summed E-state index contributed by atoms with van der Waals surface area (Å²) < 4.78 is 0. The number of benzene rings is 1. The van der Waals surface area contributed by atoms with Crippen LogP contribution in [0.4, 0.5) is 10.5 Å². The van der Waals surface area contributed by atoms with Gasteiger partial charge in [-0.15, -0.1) is 0 Å². The van der Waals surface area contributed by atoms with Gasteiger partial charge in [0.05, 0.1) is 0 Å². The van der Waals surface area contributed by atoms with Crippen molar-refractivity contribution in [1.82, 2.24) is 15.5 Å². The molecular weight excluding hydrogens is 268 g/mol. The van der Waals surface area contributed by atoms with Crippen molar-refractivity contribution in [2.45, 2.75) is 26.3 Å². The second kappa shape index (κ2) is 6.47. The molecule has 6 heteroatoms. The normalized spacial score (nSPS) is 17.6. The Morgan fingerprint density at radius 1 is 1.43 bits per heavy atom. The molecular formula is C15H22N4O2. The summed E-state index contributed by atoms with van der Waals surface area (Å²) in [6.07, 6.45) is 0.768. The highest BCUT2D eigenvalue weighted by molar-refractivity contribution is 5.96. The molecule has 0 radical (unpaired) electrons. The minimum Gasteiger partial charge on any atom is -0.399 e. The maximum Gasteiger partial charge on any atom is 0.317 e. The van der Waals surface area contributed by atoms with Crippen LogP contribution < -0.4 is 16.4 Å². The number of hydrogen-bond acceptors (Lipinski definition) is 3. The van der Waals surface area contributed by atoms with Crippen LogP contribution in [-0.2, 0) is 0 Å². The van der Waals surface area contributed by atoms with E-state index in [4.69, 9.17) is 5.73 Å². The van der Waals surface area contributed by atoms with Crippen LogP contribution in [0.5, 0.6) is 0 Å². The summed E-state index contributed by atoms with van der Waals surface area (Å²) in [5.41, 5.74) is 7.78. The Morgan fingerprint density at radius 2 is 2.19 bits per heavy atom. The number of carbonyl (C=O) groups excluding carboxylic acids is 2. The molecule has 3 amide bonds. The number of hydrogen-bond donors (Lipinski definition) is 3. The van der Waals surface area contributed by atoms with Crippen LogP contribution in [-0.4, -0.2) is 42.5 Å². The van der Waals surface area contributed by atoms with E-state index in [1.807, 2.05) is 19.9 Å². The molecule has 2 rings (SSSR count). The number of rotatable bonds is 3. The van der Waals surface area contributed by atoms with Crippen molar-refractivity contribution in [1.29, 1.82) is 0 Å². The quantitative estimate of drug-likeness (QED) is 0.729. The van der Waals surface area contributed by atoms with E-state index in [0.717, 1.165) is 12.0 Å².